The quantitative estimate of drug-likeness (QED) is 0.498. The number of halogens is 1. The molecule has 26 heavy (non-hydrogen) atoms. The third-order valence-corrected chi connectivity index (χ3v) is 4.19. The molecule has 0 aliphatic rings. The summed E-state index contributed by atoms with van der Waals surface area (Å²) in [6.45, 7) is 4.04. The van der Waals surface area contributed by atoms with Gasteiger partial charge >= 0.3 is 0 Å². The van der Waals surface area contributed by atoms with Gasteiger partial charge in [0.15, 0.2) is 0 Å². The third kappa shape index (κ3) is 3.50. The fraction of sp³-hybridized carbons (Fsp3) is 0.143. The van der Waals surface area contributed by atoms with Crippen LogP contribution in [0.2, 0.25) is 0 Å². The molecule has 0 spiro atoms. The molecule has 4 nitrogen and oxygen atoms in total. The van der Waals surface area contributed by atoms with Crippen LogP contribution >= 0.6 is 0 Å². The molecule has 0 saturated carbocycles. The Balaban J connectivity index is 1.77. The van der Waals surface area contributed by atoms with Crippen molar-refractivity contribution >= 4 is 6.21 Å². The monoisotopic (exact) mass is 347 g/mol. The van der Waals surface area contributed by atoms with Gasteiger partial charge in [-0.3, -0.25) is 0 Å². The largest absolute Gasteiger partial charge is 0.391 e. The molecule has 1 heterocycles. The highest BCUT2D eigenvalue weighted by molar-refractivity contribution is 5.81. The molecule has 0 atom stereocenters. The van der Waals surface area contributed by atoms with Crippen molar-refractivity contribution in [2.75, 3.05) is 0 Å². The summed E-state index contributed by atoms with van der Waals surface area (Å²) in [5.74, 6) is -0.276. The van der Waals surface area contributed by atoms with Crippen LogP contribution in [-0.4, -0.2) is 10.8 Å². The molecule has 0 radical (unpaired) electrons. The van der Waals surface area contributed by atoms with Crippen LogP contribution < -0.4 is 0 Å². The lowest BCUT2D eigenvalue weighted by Crippen LogP contribution is -2.02. The standard InChI is InChI=1S/C21H18FN3O/c1-15-11-19(16(2)25(15)21-10-6-5-9-20(21)22)13-24-26-14-18-8-4-3-7-17(18)12-23/h3-11,13H,14H2,1-2H3/b24-13-. The van der Waals surface area contributed by atoms with Crippen LogP contribution in [0.4, 0.5) is 4.39 Å². The minimum absolute atomic E-state index is 0.215. The van der Waals surface area contributed by atoms with E-state index in [1.165, 1.54) is 6.07 Å². The maximum atomic E-state index is 14.1. The smallest absolute Gasteiger partial charge is 0.147 e. The van der Waals surface area contributed by atoms with Gasteiger partial charge < -0.3 is 9.40 Å². The molecule has 0 fully saturated rings. The Labute approximate surface area is 151 Å². The van der Waals surface area contributed by atoms with Crippen molar-refractivity contribution in [2.45, 2.75) is 20.5 Å². The fourth-order valence-corrected chi connectivity index (χ4v) is 2.88. The Morgan fingerprint density at radius 1 is 1.15 bits per heavy atom. The lowest BCUT2D eigenvalue weighted by atomic mass is 10.1. The molecule has 0 bridgehead atoms. The molecule has 0 saturated heterocycles. The second-order valence-electron chi connectivity index (χ2n) is 5.89. The fourth-order valence-electron chi connectivity index (χ4n) is 2.88. The highest BCUT2D eigenvalue weighted by Crippen LogP contribution is 2.22. The molecule has 3 aromatic rings. The van der Waals surface area contributed by atoms with Gasteiger partial charge in [-0.15, -0.1) is 0 Å². The van der Waals surface area contributed by atoms with Gasteiger partial charge in [-0.25, -0.2) is 4.39 Å². The van der Waals surface area contributed by atoms with Gasteiger partial charge in [0.05, 0.1) is 23.5 Å². The second kappa shape index (κ2) is 7.66. The molecule has 5 heteroatoms. The van der Waals surface area contributed by atoms with Crippen molar-refractivity contribution in [3.05, 3.63) is 88.5 Å². The van der Waals surface area contributed by atoms with Gasteiger partial charge in [-0.2, -0.15) is 5.26 Å². The molecule has 0 N–H and O–H groups in total. The number of hydrogen-bond acceptors (Lipinski definition) is 3. The number of aromatic nitrogens is 1. The maximum Gasteiger partial charge on any atom is 0.147 e. The Morgan fingerprint density at radius 2 is 1.88 bits per heavy atom. The van der Waals surface area contributed by atoms with E-state index in [-0.39, 0.29) is 12.4 Å². The molecule has 3 rings (SSSR count). The van der Waals surface area contributed by atoms with Crippen molar-refractivity contribution in [3.8, 4) is 11.8 Å². The lowest BCUT2D eigenvalue weighted by molar-refractivity contribution is 0.132. The van der Waals surface area contributed by atoms with Crippen molar-refractivity contribution in [1.82, 2.24) is 4.57 Å². The number of hydrogen-bond donors (Lipinski definition) is 0. The van der Waals surface area contributed by atoms with E-state index in [0.717, 1.165) is 22.5 Å². The summed E-state index contributed by atoms with van der Waals surface area (Å²) in [6, 6.07) is 17.9. The van der Waals surface area contributed by atoms with Gasteiger partial charge in [0.25, 0.3) is 0 Å². The van der Waals surface area contributed by atoms with Crippen LogP contribution in [0.3, 0.4) is 0 Å². The highest BCUT2D eigenvalue weighted by Gasteiger charge is 2.12. The van der Waals surface area contributed by atoms with Gasteiger partial charge in [0.2, 0.25) is 0 Å². The van der Waals surface area contributed by atoms with E-state index in [4.69, 9.17) is 10.1 Å². The number of nitriles is 1. The van der Waals surface area contributed by atoms with Crippen LogP contribution in [0, 0.1) is 31.0 Å². The molecule has 2 aromatic carbocycles. The first kappa shape index (κ1) is 17.4. The van der Waals surface area contributed by atoms with Gasteiger partial charge in [0, 0.05) is 22.5 Å². The first-order chi connectivity index (χ1) is 12.6. The van der Waals surface area contributed by atoms with Crippen LogP contribution in [0.1, 0.15) is 28.1 Å². The molecule has 0 aliphatic heterocycles. The van der Waals surface area contributed by atoms with Crippen LogP contribution in [-0.2, 0) is 11.4 Å². The molecule has 0 unspecified atom stereocenters. The lowest BCUT2D eigenvalue weighted by Gasteiger charge is -2.10. The molecular formula is C21H18FN3O. The number of rotatable bonds is 5. The number of oxime groups is 1. The first-order valence-corrected chi connectivity index (χ1v) is 8.19. The van der Waals surface area contributed by atoms with E-state index >= 15 is 0 Å². The summed E-state index contributed by atoms with van der Waals surface area (Å²) in [4.78, 5) is 5.33. The zero-order valence-corrected chi connectivity index (χ0v) is 14.6. The SMILES string of the molecule is Cc1cc(/C=N\OCc2ccccc2C#N)c(C)n1-c1ccccc1F. The van der Waals surface area contributed by atoms with Crippen LogP contribution in [0.15, 0.2) is 59.8 Å². The van der Waals surface area contributed by atoms with Gasteiger partial charge in [-0.1, -0.05) is 35.5 Å². The highest BCUT2D eigenvalue weighted by atomic mass is 19.1. The van der Waals surface area contributed by atoms with E-state index in [1.54, 1.807) is 30.5 Å². The third-order valence-electron chi connectivity index (χ3n) is 4.19. The van der Waals surface area contributed by atoms with Gasteiger partial charge in [-0.05, 0) is 38.1 Å². The Bertz CT molecular complexity index is 999. The predicted octanol–water partition coefficient (Wildman–Crippen LogP) is 4.66. The van der Waals surface area contributed by atoms with E-state index in [9.17, 15) is 4.39 Å². The summed E-state index contributed by atoms with van der Waals surface area (Å²) in [7, 11) is 0. The summed E-state index contributed by atoms with van der Waals surface area (Å²) in [6.07, 6.45) is 1.61. The number of aryl methyl sites for hydroxylation is 1. The van der Waals surface area contributed by atoms with E-state index in [1.807, 2.05) is 42.7 Å². The van der Waals surface area contributed by atoms with Crippen molar-refractivity contribution in [1.29, 1.82) is 5.26 Å². The zero-order chi connectivity index (χ0) is 18.5. The molecule has 1 aromatic heterocycles. The average Bonchev–Trinajstić information content (AvgIpc) is 2.93. The topological polar surface area (TPSA) is 50.3 Å². The summed E-state index contributed by atoms with van der Waals surface area (Å²) >= 11 is 0. The minimum Gasteiger partial charge on any atom is -0.391 e. The van der Waals surface area contributed by atoms with Crippen LogP contribution in [0.5, 0.6) is 0 Å². The normalized spacial score (nSPS) is 10.8. The maximum absolute atomic E-state index is 14.1. The van der Waals surface area contributed by atoms with E-state index in [2.05, 4.69) is 11.2 Å². The van der Waals surface area contributed by atoms with Crippen LogP contribution in [0.25, 0.3) is 5.69 Å². The number of para-hydroxylation sites is 1. The first-order valence-electron chi connectivity index (χ1n) is 8.19. The van der Waals surface area contributed by atoms with E-state index in [0.29, 0.717) is 11.3 Å². The Morgan fingerprint density at radius 3 is 2.65 bits per heavy atom. The summed E-state index contributed by atoms with van der Waals surface area (Å²) in [5, 5.41) is 13.1. The molecule has 130 valence electrons. The molecule has 0 amide bonds. The number of nitrogens with zero attached hydrogens (tertiary/aromatic N) is 3. The average molecular weight is 347 g/mol. The second-order valence-corrected chi connectivity index (χ2v) is 5.89. The van der Waals surface area contributed by atoms with Crippen molar-refractivity contribution in [2.24, 2.45) is 5.16 Å². The molecule has 0 aliphatic carbocycles. The molecular weight excluding hydrogens is 329 g/mol. The van der Waals surface area contributed by atoms with E-state index < -0.39 is 0 Å². The Kier molecular flexibility index (Phi) is 5.14. The zero-order valence-electron chi connectivity index (χ0n) is 14.6. The number of benzene rings is 2. The minimum atomic E-state index is -0.276. The predicted molar refractivity (Wildman–Crippen MR) is 98.7 cm³/mol. The van der Waals surface area contributed by atoms with Gasteiger partial charge in [0.1, 0.15) is 12.4 Å². The van der Waals surface area contributed by atoms with Crippen molar-refractivity contribution < 1.29 is 9.23 Å². The van der Waals surface area contributed by atoms with Crippen molar-refractivity contribution in [3.63, 3.8) is 0 Å². The summed E-state index contributed by atoms with van der Waals surface area (Å²) in [5.41, 5.74) is 4.48. The summed E-state index contributed by atoms with van der Waals surface area (Å²) < 4.78 is 16.0. The Hall–Kier alpha value is -3.39.